The fourth-order valence-electron chi connectivity index (χ4n) is 3.83. The molecule has 1 atom stereocenters. The fraction of sp³-hybridized carbons (Fsp3) is 0.0400. The molecule has 35 heavy (non-hydrogen) atoms. The monoisotopic (exact) mass is 567 g/mol. The van der Waals surface area contributed by atoms with E-state index in [-0.39, 0.29) is 10.0 Å². The first-order chi connectivity index (χ1) is 16.8. The number of phenolic OH excluding ortho intramolecular Hbond substituents is 1. The predicted octanol–water partition coefficient (Wildman–Crippen LogP) is 5.03. The number of nitrogens with zero attached hydrogens (tertiary/aromatic N) is 3. The lowest BCUT2D eigenvalue weighted by Gasteiger charge is -2.19. The highest BCUT2D eigenvalue weighted by Gasteiger charge is 2.23. The minimum Gasteiger partial charge on any atom is -0.501 e. The lowest BCUT2D eigenvalue weighted by Crippen LogP contribution is -2.36. The van der Waals surface area contributed by atoms with Gasteiger partial charge in [-0.1, -0.05) is 65.4 Å². The van der Waals surface area contributed by atoms with E-state index in [0.717, 1.165) is 16.8 Å². The number of aromatic nitrogens is 1. The molecular formula is C25H15BrClN3O4S. The zero-order chi connectivity index (χ0) is 24.7. The van der Waals surface area contributed by atoms with E-state index in [2.05, 4.69) is 15.9 Å². The summed E-state index contributed by atoms with van der Waals surface area (Å²) in [6.45, 7) is 0. The summed E-state index contributed by atoms with van der Waals surface area (Å²) in [4.78, 5) is 29.4. The van der Waals surface area contributed by atoms with Crippen molar-refractivity contribution in [1.29, 1.82) is 0 Å². The van der Waals surface area contributed by atoms with E-state index in [4.69, 9.17) is 16.6 Å². The molecule has 0 aliphatic carbocycles. The molecule has 2 heterocycles. The minimum atomic E-state index is -0.675. The second-order valence-corrected chi connectivity index (χ2v) is 10.0. The molecule has 3 aromatic carbocycles. The maximum atomic E-state index is 13.5. The standard InChI is InChI=1S/C25H15BrClN3O4S/c26-18-10-14(11-21(23(18)31)30(33)34)12-22-24(32)29-20(16-6-8-17(27)9-7-16)13-19(28-25(29)35-22)15-4-2-1-3-5-15/h1-13,20,31H. The first-order valence-corrected chi connectivity index (χ1v) is 12.3. The zero-order valence-electron chi connectivity index (χ0n) is 17.8. The van der Waals surface area contributed by atoms with E-state index in [1.54, 1.807) is 22.8 Å². The molecule has 0 amide bonds. The first-order valence-electron chi connectivity index (χ1n) is 10.3. The number of fused-ring (bicyclic) bond motifs is 1. The van der Waals surface area contributed by atoms with Crippen molar-refractivity contribution >= 4 is 56.3 Å². The Morgan fingerprint density at radius 2 is 1.86 bits per heavy atom. The van der Waals surface area contributed by atoms with Gasteiger partial charge in [-0.15, -0.1) is 0 Å². The van der Waals surface area contributed by atoms with Gasteiger partial charge >= 0.3 is 5.69 Å². The number of nitro groups is 1. The number of phenols is 1. The number of nitro benzene ring substituents is 1. The molecule has 0 fully saturated rings. The maximum absolute atomic E-state index is 13.5. The van der Waals surface area contributed by atoms with Gasteiger partial charge in [0.05, 0.1) is 25.7 Å². The third-order valence-corrected chi connectivity index (χ3v) is 7.33. The van der Waals surface area contributed by atoms with Crippen LogP contribution in [0.2, 0.25) is 5.02 Å². The molecule has 7 nitrogen and oxygen atoms in total. The van der Waals surface area contributed by atoms with Crippen LogP contribution in [0.3, 0.4) is 0 Å². The first kappa shape index (κ1) is 23.2. The SMILES string of the molecule is O=c1c(=Cc2cc(Br)c(O)c([N+](=O)[O-])c2)sc2n1C(c1ccc(Cl)cc1)C=C(c1ccccc1)N=2. The van der Waals surface area contributed by atoms with E-state index in [9.17, 15) is 20.0 Å². The van der Waals surface area contributed by atoms with Crippen LogP contribution in [-0.2, 0) is 0 Å². The van der Waals surface area contributed by atoms with Crippen molar-refractivity contribution in [2.24, 2.45) is 4.99 Å². The summed E-state index contributed by atoms with van der Waals surface area (Å²) in [6.07, 6.45) is 3.50. The van der Waals surface area contributed by atoms with Crippen LogP contribution in [0.15, 0.2) is 87.1 Å². The molecule has 0 saturated heterocycles. The van der Waals surface area contributed by atoms with Gasteiger partial charge in [0.25, 0.3) is 5.56 Å². The van der Waals surface area contributed by atoms with Crippen molar-refractivity contribution in [2.75, 3.05) is 0 Å². The highest BCUT2D eigenvalue weighted by atomic mass is 79.9. The van der Waals surface area contributed by atoms with Gasteiger partial charge < -0.3 is 5.11 Å². The summed E-state index contributed by atoms with van der Waals surface area (Å²) in [6, 6.07) is 19.3. The van der Waals surface area contributed by atoms with Gasteiger partial charge in [0, 0.05) is 11.1 Å². The average Bonchev–Trinajstić information content (AvgIpc) is 3.16. The van der Waals surface area contributed by atoms with E-state index in [1.165, 1.54) is 23.5 Å². The maximum Gasteiger partial charge on any atom is 0.312 e. The largest absolute Gasteiger partial charge is 0.501 e. The summed E-state index contributed by atoms with van der Waals surface area (Å²) in [5, 5.41) is 21.9. The Hall–Kier alpha value is -3.53. The highest BCUT2D eigenvalue weighted by Crippen LogP contribution is 2.35. The molecule has 4 aromatic rings. The van der Waals surface area contributed by atoms with Gasteiger partial charge in [0.2, 0.25) is 5.75 Å². The van der Waals surface area contributed by atoms with Crippen molar-refractivity contribution in [3.05, 3.63) is 129 Å². The summed E-state index contributed by atoms with van der Waals surface area (Å²) >= 11 is 10.4. The predicted molar refractivity (Wildman–Crippen MR) is 139 cm³/mol. The average molecular weight is 569 g/mol. The topological polar surface area (TPSA) is 97.7 Å². The summed E-state index contributed by atoms with van der Waals surface area (Å²) in [5.74, 6) is -0.469. The Balaban J connectivity index is 1.73. The number of aromatic hydroxyl groups is 1. The molecule has 1 aliphatic heterocycles. The van der Waals surface area contributed by atoms with Crippen molar-refractivity contribution < 1.29 is 10.0 Å². The van der Waals surface area contributed by atoms with Gasteiger partial charge in [0.15, 0.2) is 4.80 Å². The van der Waals surface area contributed by atoms with E-state index in [0.29, 0.717) is 19.9 Å². The van der Waals surface area contributed by atoms with Gasteiger partial charge in [-0.3, -0.25) is 19.5 Å². The molecule has 0 spiro atoms. The molecule has 1 aromatic heterocycles. The molecule has 5 rings (SSSR count). The van der Waals surface area contributed by atoms with Crippen LogP contribution in [0.1, 0.15) is 22.7 Å². The van der Waals surface area contributed by atoms with Crippen LogP contribution in [0, 0.1) is 10.1 Å². The molecule has 0 saturated carbocycles. The third kappa shape index (κ3) is 4.45. The number of rotatable bonds is 4. The van der Waals surface area contributed by atoms with Crippen molar-refractivity contribution in [3.63, 3.8) is 0 Å². The number of benzene rings is 3. The van der Waals surface area contributed by atoms with E-state index < -0.39 is 22.4 Å². The zero-order valence-corrected chi connectivity index (χ0v) is 20.9. The van der Waals surface area contributed by atoms with Crippen LogP contribution < -0.4 is 14.9 Å². The molecule has 174 valence electrons. The Morgan fingerprint density at radius 3 is 2.54 bits per heavy atom. The Morgan fingerprint density at radius 1 is 1.14 bits per heavy atom. The van der Waals surface area contributed by atoms with Crippen LogP contribution in [0.4, 0.5) is 5.69 Å². The van der Waals surface area contributed by atoms with Crippen molar-refractivity contribution in [1.82, 2.24) is 4.57 Å². The van der Waals surface area contributed by atoms with Crippen molar-refractivity contribution in [3.8, 4) is 5.75 Å². The molecule has 1 aliphatic rings. The third-order valence-electron chi connectivity index (χ3n) is 5.49. The Kier molecular flexibility index (Phi) is 6.14. The molecule has 1 N–H and O–H groups in total. The smallest absolute Gasteiger partial charge is 0.312 e. The number of hydrogen-bond acceptors (Lipinski definition) is 6. The van der Waals surface area contributed by atoms with Crippen molar-refractivity contribution in [2.45, 2.75) is 6.04 Å². The van der Waals surface area contributed by atoms with Gasteiger partial charge in [0.1, 0.15) is 0 Å². The second-order valence-electron chi connectivity index (χ2n) is 7.72. The number of halogens is 2. The lowest BCUT2D eigenvalue weighted by molar-refractivity contribution is -0.386. The van der Waals surface area contributed by atoms with E-state index in [1.807, 2.05) is 48.5 Å². The van der Waals surface area contributed by atoms with Gasteiger partial charge in [-0.2, -0.15) is 0 Å². The number of allylic oxidation sites excluding steroid dienone is 1. The second kappa shape index (κ2) is 9.26. The number of thiazole rings is 1. The quantitative estimate of drug-likeness (QED) is 0.276. The minimum absolute atomic E-state index is 0.163. The van der Waals surface area contributed by atoms with Gasteiger partial charge in [-0.25, -0.2) is 4.99 Å². The molecule has 0 radical (unpaired) electrons. The van der Waals surface area contributed by atoms with Gasteiger partial charge in [-0.05, 0) is 63.0 Å². The normalized spacial score (nSPS) is 15.3. The molecule has 1 unspecified atom stereocenters. The van der Waals surface area contributed by atoms with Crippen LogP contribution in [0.25, 0.3) is 11.8 Å². The fourth-order valence-corrected chi connectivity index (χ4v) is 5.44. The van der Waals surface area contributed by atoms with Crippen LogP contribution in [0.5, 0.6) is 5.75 Å². The summed E-state index contributed by atoms with van der Waals surface area (Å²) < 4.78 is 2.13. The summed E-state index contributed by atoms with van der Waals surface area (Å²) in [5.41, 5.74) is 2.20. The Labute approximate surface area is 215 Å². The molecular weight excluding hydrogens is 554 g/mol. The van der Waals surface area contributed by atoms with Crippen LogP contribution >= 0.6 is 38.9 Å². The van der Waals surface area contributed by atoms with Crippen LogP contribution in [-0.4, -0.2) is 14.6 Å². The summed E-state index contributed by atoms with van der Waals surface area (Å²) in [7, 11) is 0. The Bertz CT molecular complexity index is 1680. The molecule has 0 bridgehead atoms. The number of hydrogen-bond donors (Lipinski definition) is 1. The molecule has 10 heteroatoms. The highest BCUT2D eigenvalue weighted by molar-refractivity contribution is 9.10. The lowest BCUT2D eigenvalue weighted by atomic mass is 10.0. The van der Waals surface area contributed by atoms with E-state index >= 15 is 0 Å².